The van der Waals surface area contributed by atoms with Crippen LogP contribution in [0.1, 0.15) is 41.3 Å². The molecule has 7 heteroatoms. The fourth-order valence-electron chi connectivity index (χ4n) is 2.17. The maximum absolute atomic E-state index is 12.1. The van der Waals surface area contributed by atoms with Gasteiger partial charge in [-0.05, 0) is 54.9 Å². The van der Waals surface area contributed by atoms with Gasteiger partial charge in [0.25, 0.3) is 11.8 Å². The van der Waals surface area contributed by atoms with Crippen molar-refractivity contribution in [2.75, 3.05) is 6.61 Å². The third kappa shape index (κ3) is 6.71. The van der Waals surface area contributed by atoms with Crippen LogP contribution in [-0.2, 0) is 4.79 Å². The van der Waals surface area contributed by atoms with Crippen molar-refractivity contribution in [3.63, 3.8) is 0 Å². The van der Waals surface area contributed by atoms with Crippen LogP contribution in [0.15, 0.2) is 48.5 Å². The number of amides is 2. The van der Waals surface area contributed by atoms with Crippen molar-refractivity contribution in [2.45, 2.75) is 26.7 Å². The van der Waals surface area contributed by atoms with Gasteiger partial charge in [0, 0.05) is 5.56 Å². The molecule has 0 bridgehead atoms. The lowest BCUT2D eigenvalue weighted by Gasteiger charge is -2.12. The number of hydrazine groups is 1. The summed E-state index contributed by atoms with van der Waals surface area (Å²) < 4.78 is 5.35. The molecule has 0 saturated carbocycles. The Labute approximate surface area is 164 Å². The summed E-state index contributed by atoms with van der Waals surface area (Å²) in [5, 5.41) is 2.50. The van der Waals surface area contributed by atoms with E-state index < -0.39 is 5.91 Å². The first-order valence-corrected chi connectivity index (χ1v) is 8.95. The molecule has 0 aliphatic carbocycles. The lowest BCUT2D eigenvalue weighted by molar-refractivity contribution is -0.123. The second kappa shape index (κ2) is 9.68. The monoisotopic (exact) mass is 385 g/mol. The van der Waals surface area contributed by atoms with Crippen LogP contribution in [0.3, 0.4) is 0 Å². The van der Waals surface area contributed by atoms with E-state index in [1.807, 2.05) is 31.2 Å². The van der Waals surface area contributed by atoms with Crippen molar-refractivity contribution in [2.24, 2.45) is 0 Å². The molecule has 2 amide bonds. The van der Waals surface area contributed by atoms with Crippen molar-refractivity contribution >= 4 is 29.1 Å². The number of ether oxygens (including phenoxy) is 1. The van der Waals surface area contributed by atoms with E-state index in [-0.39, 0.29) is 17.6 Å². The molecule has 0 heterocycles. The smallest absolute Gasteiger partial charge is 0.276 e. The van der Waals surface area contributed by atoms with E-state index in [1.54, 1.807) is 24.3 Å². The zero-order valence-corrected chi connectivity index (χ0v) is 16.4. The standard InChI is InChI=1S/C20H23N3O3S/c1-13(2)15-6-8-16(9-7-15)19(25)21-20(27)23-22-18(24)12-26-17-10-4-14(3)5-11-17/h4-11,13H,12H2,1-3H3,(H,22,24)(H2,21,23,25,27). The number of aryl methyl sites for hydroxylation is 1. The fraction of sp³-hybridized carbons (Fsp3) is 0.250. The minimum Gasteiger partial charge on any atom is -0.484 e. The van der Waals surface area contributed by atoms with E-state index in [2.05, 4.69) is 30.0 Å². The minimum absolute atomic E-state index is 0.00313. The third-order valence-corrected chi connectivity index (χ3v) is 3.98. The van der Waals surface area contributed by atoms with Gasteiger partial charge in [-0.1, -0.05) is 43.7 Å². The van der Waals surface area contributed by atoms with E-state index in [0.717, 1.165) is 11.1 Å². The Morgan fingerprint density at radius 2 is 1.63 bits per heavy atom. The molecule has 0 aliphatic rings. The quantitative estimate of drug-likeness (QED) is 0.545. The summed E-state index contributed by atoms with van der Waals surface area (Å²) in [5.41, 5.74) is 7.59. The summed E-state index contributed by atoms with van der Waals surface area (Å²) in [6.07, 6.45) is 0. The van der Waals surface area contributed by atoms with E-state index in [0.29, 0.717) is 17.2 Å². The van der Waals surface area contributed by atoms with Crippen LogP contribution in [0.4, 0.5) is 0 Å². The Balaban J connectivity index is 1.73. The molecule has 142 valence electrons. The van der Waals surface area contributed by atoms with Crippen LogP contribution in [0.25, 0.3) is 0 Å². The van der Waals surface area contributed by atoms with Crippen LogP contribution in [0.2, 0.25) is 0 Å². The summed E-state index contributed by atoms with van der Waals surface area (Å²) in [4.78, 5) is 23.9. The third-order valence-electron chi connectivity index (χ3n) is 3.77. The first-order chi connectivity index (χ1) is 12.8. The molecule has 2 aromatic rings. The van der Waals surface area contributed by atoms with Gasteiger partial charge >= 0.3 is 0 Å². The SMILES string of the molecule is Cc1ccc(OCC(=O)NNC(=S)NC(=O)c2ccc(C(C)C)cc2)cc1. The van der Waals surface area contributed by atoms with E-state index >= 15 is 0 Å². The van der Waals surface area contributed by atoms with Gasteiger partial charge in [0.1, 0.15) is 5.75 Å². The molecule has 0 fully saturated rings. The van der Waals surface area contributed by atoms with Gasteiger partial charge in [-0.3, -0.25) is 25.8 Å². The van der Waals surface area contributed by atoms with Crippen molar-refractivity contribution in [3.05, 3.63) is 65.2 Å². The van der Waals surface area contributed by atoms with Crippen molar-refractivity contribution in [1.82, 2.24) is 16.2 Å². The van der Waals surface area contributed by atoms with Gasteiger partial charge in [-0.25, -0.2) is 0 Å². The highest BCUT2D eigenvalue weighted by Crippen LogP contribution is 2.14. The molecule has 3 N–H and O–H groups in total. The summed E-state index contributed by atoms with van der Waals surface area (Å²) in [6.45, 7) is 5.95. The first-order valence-electron chi connectivity index (χ1n) is 8.54. The number of thiocarbonyl (C=S) groups is 1. The van der Waals surface area contributed by atoms with Crippen LogP contribution in [0, 0.1) is 6.92 Å². The Kier molecular flexibility index (Phi) is 7.31. The summed E-state index contributed by atoms with van der Waals surface area (Å²) in [7, 11) is 0. The molecular formula is C20H23N3O3S. The van der Waals surface area contributed by atoms with Crippen LogP contribution < -0.4 is 20.9 Å². The molecule has 0 aromatic heterocycles. The predicted molar refractivity (Wildman–Crippen MR) is 109 cm³/mol. The molecule has 0 spiro atoms. The first kappa shape index (κ1) is 20.4. The number of carbonyl (C=O) groups excluding carboxylic acids is 2. The number of nitrogens with one attached hydrogen (secondary N) is 3. The Bertz CT molecular complexity index is 802. The highest BCUT2D eigenvalue weighted by atomic mass is 32.1. The molecule has 0 saturated heterocycles. The average molecular weight is 385 g/mol. The van der Waals surface area contributed by atoms with E-state index in [9.17, 15) is 9.59 Å². The number of benzene rings is 2. The number of rotatable bonds is 5. The molecule has 0 aliphatic heterocycles. The van der Waals surface area contributed by atoms with Gasteiger partial charge in [0.05, 0.1) is 0 Å². The Hall–Kier alpha value is -2.93. The normalized spacial score (nSPS) is 10.2. The van der Waals surface area contributed by atoms with Gasteiger partial charge in [0.15, 0.2) is 11.7 Å². The number of hydrogen-bond donors (Lipinski definition) is 3. The molecule has 6 nitrogen and oxygen atoms in total. The zero-order chi connectivity index (χ0) is 19.8. The van der Waals surface area contributed by atoms with Crippen molar-refractivity contribution in [3.8, 4) is 5.75 Å². The maximum Gasteiger partial charge on any atom is 0.276 e. The molecular weight excluding hydrogens is 362 g/mol. The largest absolute Gasteiger partial charge is 0.484 e. The molecule has 0 radical (unpaired) electrons. The van der Waals surface area contributed by atoms with Crippen LogP contribution >= 0.6 is 12.2 Å². The lowest BCUT2D eigenvalue weighted by atomic mass is 10.0. The molecule has 0 unspecified atom stereocenters. The zero-order valence-electron chi connectivity index (χ0n) is 15.5. The number of carbonyl (C=O) groups is 2. The lowest BCUT2D eigenvalue weighted by Crippen LogP contribution is -2.49. The van der Waals surface area contributed by atoms with E-state index in [1.165, 1.54) is 0 Å². The van der Waals surface area contributed by atoms with E-state index in [4.69, 9.17) is 17.0 Å². The minimum atomic E-state index is -0.423. The van der Waals surface area contributed by atoms with Gasteiger partial charge in [0.2, 0.25) is 0 Å². The number of hydrogen-bond acceptors (Lipinski definition) is 4. The summed E-state index contributed by atoms with van der Waals surface area (Å²) in [6, 6.07) is 14.6. The fourth-order valence-corrected chi connectivity index (χ4v) is 2.32. The molecule has 2 rings (SSSR count). The molecule has 2 aromatic carbocycles. The van der Waals surface area contributed by atoms with Crippen molar-refractivity contribution in [1.29, 1.82) is 0 Å². The van der Waals surface area contributed by atoms with Crippen LogP contribution in [0.5, 0.6) is 5.75 Å². The Morgan fingerprint density at radius 1 is 1.00 bits per heavy atom. The second-order valence-electron chi connectivity index (χ2n) is 6.33. The summed E-state index contributed by atoms with van der Waals surface area (Å²) >= 11 is 5.01. The van der Waals surface area contributed by atoms with Gasteiger partial charge < -0.3 is 4.74 Å². The topological polar surface area (TPSA) is 79.5 Å². The summed E-state index contributed by atoms with van der Waals surface area (Å²) in [5.74, 6) is 0.208. The van der Waals surface area contributed by atoms with Gasteiger partial charge in [-0.2, -0.15) is 0 Å². The van der Waals surface area contributed by atoms with Crippen LogP contribution in [-0.4, -0.2) is 23.5 Å². The highest BCUT2D eigenvalue weighted by Gasteiger charge is 2.09. The maximum atomic E-state index is 12.1. The van der Waals surface area contributed by atoms with Crippen molar-refractivity contribution < 1.29 is 14.3 Å². The highest BCUT2D eigenvalue weighted by molar-refractivity contribution is 7.80. The molecule has 27 heavy (non-hydrogen) atoms. The predicted octanol–water partition coefficient (Wildman–Crippen LogP) is 2.83. The van der Waals surface area contributed by atoms with Gasteiger partial charge in [-0.15, -0.1) is 0 Å². The Morgan fingerprint density at radius 3 is 2.22 bits per heavy atom. The second-order valence-corrected chi connectivity index (χ2v) is 6.74. The average Bonchev–Trinajstić information content (AvgIpc) is 2.66. The molecule has 0 atom stereocenters.